The second kappa shape index (κ2) is 6.45. The molecule has 0 spiro atoms. The van der Waals surface area contributed by atoms with E-state index in [1.54, 1.807) is 29.2 Å². The molecule has 0 saturated carbocycles. The van der Waals surface area contributed by atoms with Gasteiger partial charge in [0.25, 0.3) is 5.91 Å². The molecule has 0 aliphatic rings. The zero-order valence-electron chi connectivity index (χ0n) is 9.95. The predicted molar refractivity (Wildman–Crippen MR) is 74.9 cm³/mol. The number of halogens is 1. The molecule has 0 atom stereocenters. The summed E-state index contributed by atoms with van der Waals surface area (Å²) in [5, 5.41) is 0. The van der Waals surface area contributed by atoms with Gasteiger partial charge in [-0.2, -0.15) is 0 Å². The summed E-state index contributed by atoms with van der Waals surface area (Å²) >= 11 is 3.33. The normalized spacial score (nSPS) is 10.0. The smallest absolute Gasteiger partial charge is 0.254 e. The first kappa shape index (κ1) is 13.8. The van der Waals surface area contributed by atoms with Crippen molar-refractivity contribution in [1.29, 1.82) is 0 Å². The Morgan fingerprint density at radius 3 is 2.82 bits per heavy atom. The fraction of sp³-hybridized carbons (Fsp3) is 0.308. The number of hydrogen-bond donors (Lipinski definition) is 1. The van der Waals surface area contributed by atoms with Crippen LogP contribution >= 0.6 is 15.9 Å². The van der Waals surface area contributed by atoms with Crippen LogP contribution in [-0.4, -0.2) is 23.9 Å². The van der Waals surface area contributed by atoms with Crippen molar-refractivity contribution in [3.05, 3.63) is 40.9 Å². The third kappa shape index (κ3) is 3.60. The number of nitrogen functional groups attached to an aromatic ring is 1. The Morgan fingerprint density at radius 1 is 1.59 bits per heavy atom. The molecule has 0 aliphatic heterocycles. The molecule has 0 heterocycles. The van der Waals surface area contributed by atoms with Gasteiger partial charge in [-0.15, -0.1) is 6.58 Å². The average Bonchev–Trinajstić information content (AvgIpc) is 2.31. The molecule has 2 N–H and O–H groups in total. The molecule has 0 radical (unpaired) electrons. The highest BCUT2D eigenvalue weighted by atomic mass is 79.9. The Bertz CT molecular complexity index is 418. The van der Waals surface area contributed by atoms with Crippen LogP contribution in [-0.2, 0) is 0 Å². The second-order valence-corrected chi connectivity index (χ2v) is 4.63. The minimum absolute atomic E-state index is 0.00690. The second-order valence-electron chi connectivity index (χ2n) is 3.78. The Balaban J connectivity index is 2.92. The van der Waals surface area contributed by atoms with E-state index in [4.69, 9.17) is 5.73 Å². The van der Waals surface area contributed by atoms with Crippen LogP contribution in [0.4, 0.5) is 5.69 Å². The van der Waals surface area contributed by atoms with Gasteiger partial charge >= 0.3 is 0 Å². The van der Waals surface area contributed by atoms with Crippen molar-refractivity contribution < 1.29 is 4.79 Å². The summed E-state index contributed by atoms with van der Waals surface area (Å²) < 4.78 is 0.749. The number of carbonyl (C=O) groups is 1. The van der Waals surface area contributed by atoms with Crippen LogP contribution in [0.3, 0.4) is 0 Å². The van der Waals surface area contributed by atoms with Crippen LogP contribution in [0.15, 0.2) is 35.3 Å². The third-order valence-corrected chi connectivity index (χ3v) is 3.06. The molecule has 17 heavy (non-hydrogen) atoms. The van der Waals surface area contributed by atoms with Crippen molar-refractivity contribution in [3.63, 3.8) is 0 Å². The van der Waals surface area contributed by atoms with Crippen molar-refractivity contribution in [3.8, 4) is 0 Å². The number of nitrogens with zero attached hydrogens (tertiary/aromatic N) is 1. The molecule has 0 unspecified atom stereocenters. The van der Waals surface area contributed by atoms with Crippen LogP contribution in [0.1, 0.15) is 23.7 Å². The van der Waals surface area contributed by atoms with E-state index in [9.17, 15) is 4.79 Å². The zero-order valence-corrected chi connectivity index (χ0v) is 11.5. The van der Waals surface area contributed by atoms with Crippen LogP contribution in [0.2, 0.25) is 0 Å². The maximum absolute atomic E-state index is 12.2. The molecule has 0 saturated heterocycles. The summed E-state index contributed by atoms with van der Waals surface area (Å²) in [6, 6.07) is 5.23. The topological polar surface area (TPSA) is 46.3 Å². The largest absolute Gasteiger partial charge is 0.398 e. The SMILES string of the molecule is C=CCN(CCC)C(=O)c1ccc(N)c(Br)c1. The molecular formula is C13H17BrN2O. The predicted octanol–water partition coefficient (Wildman–Crippen LogP) is 3.07. The van der Waals surface area contributed by atoms with Crippen LogP contribution in [0.5, 0.6) is 0 Å². The van der Waals surface area contributed by atoms with E-state index >= 15 is 0 Å². The first-order valence-corrected chi connectivity index (χ1v) is 6.34. The van der Waals surface area contributed by atoms with Gasteiger partial charge in [-0.3, -0.25) is 4.79 Å². The van der Waals surface area contributed by atoms with E-state index in [-0.39, 0.29) is 5.91 Å². The molecule has 4 heteroatoms. The van der Waals surface area contributed by atoms with Gasteiger partial charge in [-0.1, -0.05) is 13.0 Å². The molecule has 1 amide bonds. The van der Waals surface area contributed by atoms with Gasteiger partial charge in [0.05, 0.1) is 0 Å². The van der Waals surface area contributed by atoms with Crippen LogP contribution < -0.4 is 5.73 Å². The molecule has 0 bridgehead atoms. The van der Waals surface area contributed by atoms with Gasteiger partial charge in [0.2, 0.25) is 0 Å². The van der Waals surface area contributed by atoms with Gasteiger partial charge in [0.15, 0.2) is 0 Å². The molecule has 1 aromatic carbocycles. The molecular weight excluding hydrogens is 280 g/mol. The van der Waals surface area contributed by atoms with Crippen LogP contribution in [0, 0.1) is 0 Å². The highest BCUT2D eigenvalue weighted by Crippen LogP contribution is 2.21. The molecule has 0 fully saturated rings. The third-order valence-electron chi connectivity index (χ3n) is 2.38. The van der Waals surface area contributed by atoms with E-state index < -0.39 is 0 Å². The number of nitrogens with two attached hydrogens (primary N) is 1. The molecule has 1 aromatic rings. The van der Waals surface area contributed by atoms with E-state index in [1.165, 1.54) is 0 Å². The maximum Gasteiger partial charge on any atom is 0.254 e. The Kier molecular flexibility index (Phi) is 5.22. The van der Waals surface area contributed by atoms with Crippen LogP contribution in [0.25, 0.3) is 0 Å². The van der Waals surface area contributed by atoms with Crippen molar-refractivity contribution in [2.24, 2.45) is 0 Å². The Hall–Kier alpha value is -1.29. The van der Waals surface area contributed by atoms with Crippen molar-refractivity contribution in [2.45, 2.75) is 13.3 Å². The standard InChI is InChI=1S/C13H17BrN2O/c1-3-7-16(8-4-2)13(17)10-5-6-12(15)11(14)9-10/h3,5-6,9H,1,4,7-8,15H2,2H3. The summed E-state index contributed by atoms with van der Waals surface area (Å²) in [7, 11) is 0. The molecule has 0 aromatic heterocycles. The lowest BCUT2D eigenvalue weighted by Gasteiger charge is -2.20. The quantitative estimate of drug-likeness (QED) is 0.670. The fourth-order valence-electron chi connectivity index (χ4n) is 1.54. The fourth-order valence-corrected chi connectivity index (χ4v) is 1.92. The summed E-state index contributed by atoms with van der Waals surface area (Å²) in [6.07, 6.45) is 2.66. The number of rotatable bonds is 5. The summed E-state index contributed by atoms with van der Waals surface area (Å²) in [5.41, 5.74) is 6.97. The van der Waals surface area contributed by atoms with Gasteiger partial charge < -0.3 is 10.6 Å². The highest BCUT2D eigenvalue weighted by Gasteiger charge is 2.14. The van der Waals surface area contributed by atoms with E-state index in [1.807, 2.05) is 6.92 Å². The number of anilines is 1. The molecule has 1 rings (SSSR count). The minimum Gasteiger partial charge on any atom is -0.398 e. The highest BCUT2D eigenvalue weighted by molar-refractivity contribution is 9.10. The van der Waals surface area contributed by atoms with Gasteiger partial charge in [0, 0.05) is 28.8 Å². The maximum atomic E-state index is 12.2. The van der Waals surface area contributed by atoms with Gasteiger partial charge in [-0.25, -0.2) is 0 Å². The minimum atomic E-state index is 0.00690. The van der Waals surface area contributed by atoms with Gasteiger partial charge in [0.1, 0.15) is 0 Å². The number of carbonyl (C=O) groups excluding carboxylic acids is 1. The van der Waals surface area contributed by atoms with E-state index in [0.717, 1.165) is 17.4 Å². The Morgan fingerprint density at radius 2 is 2.29 bits per heavy atom. The van der Waals surface area contributed by atoms with E-state index in [0.29, 0.717) is 17.8 Å². The molecule has 92 valence electrons. The van der Waals surface area contributed by atoms with Crippen molar-refractivity contribution in [2.75, 3.05) is 18.8 Å². The number of amides is 1. The average molecular weight is 297 g/mol. The summed E-state index contributed by atoms with van der Waals surface area (Å²) in [6.45, 7) is 7.00. The number of hydrogen-bond acceptors (Lipinski definition) is 2. The lowest BCUT2D eigenvalue weighted by molar-refractivity contribution is 0.0774. The van der Waals surface area contributed by atoms with E-state index in [2.05, 4.69) is 22.5 Å². The van der Waals surface area contributed by atoms with Crippen molar-refractivity contribution in [1.82, 2.24) is 4.90 Å². The number of benzene rings is 1. The monoisotopic (exact) mass is 296 g/mol. The molecule has 0 aliphatic carbocycles. The summed E-state index contributed by atoms with van der Waals surface area (Å²) in [5.74, 6) is 0.00690. The first-order valence-electron chi connectivity index (χ1n) is 5.55. The summed E-state index contributed by atoms with van der Waals surface area (Å²) in [4.78, 5) is 14.0. The van der Waals surface area contributed by atoms with Crippen molar-refractivity contribution >= 4 is 27.5 Å². The molecule has 3 nitrogen and oxygen atoms in total. The zero-order chi connectivity index (χ0) is 12.8. The Labute approximate surface area is 110 Å². The lowest BCUT2D eigenvalue weighted by Crippen LogP contribution is -2.31. The lowest BCUT2D eigenvalue weighted by atomic mass is 10.1. The van der Waals surface area contributed by atoms with Gasteiger partial charge in [-0.05, 0) is 40.5 Å². The first-order chi connectivity index (χ1) is 8.10.